The van der Waals surface area contributed by atoms with Gasteiger partial charge >= 0.3 is 0 Å². The van der Waals surface area contributed by atoms with Crippen molar-refractivity contribution < 1.29 is 4.74 Å². The van der Waals surface area contributed by atoms with Gasteiger partial charge in [0.25, 0.3) is 0 Å². The van der Waals surface area contributed by atoms with Crippen LogP contribution >= 0.6 is 0 Å². The Labute approximate surface area is 84.1 Å². The fourth-order valence-corrected chi connectivity index (χ4v) is 1.09. The quantitative estimate of drug-likeness (QED) is 0.794. The number of fused-ring (bicyclic) bond motifs is 1. The average Bonchev–Trinajstić information content (AvgIpc) is 2.67. The van der Waals surface area contributed by atoms with E-state index in [2.05, 4.69) is 10.2 Å². The van der Waals surface area contributed by atoms with Crippen molar-refractivity contribution in [2.45, 2.75) is 13.8 Å². The molecule has 0 bridgehead atoms. The number of benzene rings is 1. The molecule has 0 aliphatic heterocycles. The SMILES string of the molecule is CCOCC.c1ccc2[nH]ncc2c1. The third-order valence-corrected chi connectivity index (χ3v) is 1.76. The van der Waals surface area contributed by atoms with Gasteiger partial charge in [-0.25, -0.2) is 0 Å². The molecule has 1 aromatic heterocycles. The lowest BCUT2D eigenvalue weighted by Crippen LogP contribution is -1.84. The highest BCUT2D eigenvalue weighted by Crippen LogP contribution is 2.06. The van der Waals surface area contributed by atoms with Crippen LogP contribution in [0.25, 0.3) is 10.9 Å². The van der Waals surface area contributed by atoms with Crippen molar-refractivity contribution >= 4 is 10.9 Å². The molecule has 1 aromatic carbocycles. The lowest BCUT2D eigenvalue weighted by atomic mass is 10.3. The van der Waals surface area contributed by atoms with Crippen molar-refractivity contribution in [3.63, 3.8) is 0 Å². The zero-order valence-electron chi connectivity index (χ0n) is 8.66. The first kappa shape index (κ1) is 10.7. The molecule has 0 radical (unpaired) electrons. The van der Waals surface area contributed by atoms with Crippen molar-refractivity contribution in [3.05, 3.63) is 30.5 Å². The number of ether oxygens (including phenoxy) is 1. The van der Waals surface area contributed by atoms with Crippen LogP contribution in [0, 0.1) is 0 Å². The Morgan fingerprint density at radius 2 is 1.93 bits per heavy atom. The summed E-state index contributed by atoms with van der Waals surface area (Å²) in [6.07, 6.45) is 1.81. The first-order chi connectivity index (χ1) is 6.88. The Balaban J connectivity index is 0.000000171. The summed E-state index contributed by atoms with van der Waals surface area (Å²) in [4.78, 5) is 0. The van der Waals surface area contributed by atoms with Crippen molar-refractivity contribution in [2.24, 2.45) is 0 Å². The fourth-order valence-electron chi connectivity index (χ4n) is 1.09. The van der Waals surface area contributed by atoms with Crippen LogP contribution in [0.2, 0.25) is 0 Å². The molecule has 76 valence electrons. The van der Waals surface area contributed by atoms with Gasteiger partial charge in [0, 0.05) is 18.6 Å². The Kier molecular flexibility index (Phi) is 4.72. The summed E-state index contributed by atoms with van der Waals surface area (Å²) >= 11 is 0. The maximum Gasteiger partial charge on any atom is 0.0650 e. The van der Waals surface area contributed by atoms with E-state index in [9.17, 15) is 0 Å². The van der Waals surface area contributed by atoms with Crippen molar-refractivity contribution in [3.8, 4) is 0 Å². The summed E-state index contributed by atoms with van der Waals surface area (Å²) in [6, 6.07) is 8.01. The van der Waals surface area contributed by atoms with E-state index in [1.807, 2.05) is 44.3 Å². The number of aromatic amines is 1. The molecule has 0 spiro atoms. The van der Waals surface area contributed by atoms with Crippen LogP contribution in [-0.2, 0) is 4.74 Å². The number of hydrogen-bond donors (Lipinski definition) is 1. The first-order valence-electron chi connectivity index (χ1n) is 4.84. The van der Waals surface area contributed by atoms with E-state index < -0.39 is 0 Å². The molecular formula is C11H16N2O. The standard InChI is InChI=1S/C7H6N2.C4H10O/c1-2-4-7-6(3-1)5-8-9-7;1-3-5-4-2/h1-5H,(H,8,9);3-4H2,1-2H3. The molecule has 1 heterocycles. The summed E-state index contributed by atoms with van der Waals surface area (Å²) in [7, 11) is 0. The van der Waals surface area contributed by atoms with Gasteiger partial charge in [-0.05, 0) is 19.9 Å². The molecule has 1 N–H and O–H groups in total. The smallest absolute Gasteiger partial charge is 0.0650 e. The summed E-state index contributed by atoms with van der Waals surface area (Å²) in [6.45, 7) is 5.67. The number of H-pyrrole nitrogens is 1. The zero-order chi connectivity index (χ0) is 10.2. The maximum absolute atomic E-state index is 4.83. The normalized spacial score (nSPS) is 9.57. The first-order valence-corrected chi connectivity index (χ1v) is 4.84. The summed E-state index contributed by atoms with van der Waals surface area (Å²) < 4.78 is 4.83. The molecule has 0 atom stereocenters. The molecule has 2 rings (SSSR count). The van der Waals surface area contributed by atoms with Gasteiger partial charge in [0.2, 0.25) is 0 Å². The molecular weight excluding hydrogens is 176 g/mol. The predicted octanol–water partition coefficient (Wildman–Crippen LogP) is 2.61. The lowest BCUT2D eigenvalue weighted by molar-refractivity contribution is 0.162. The van der Waals surface area contributed by atoms with Gasteiger partial charge in [-0.1, -0.05) is 18.2 Å². The number of nitrogens with one attached hydrogen (secondary N) is 1. The Morgan fingerprint density at radius 1 is 1.21 bits per heavy atom. The largest absolute Gasteiger partial charge is 0.382 e. The van der Waals surface area contributed by atoms with Crippen LogP contribution in [0.3, 0.4) is 0 Å². The summed E-state index contributed by atoms with van der Waals surface area (Å²) in [5.41, 5.74) is 1.09. The number of aromatic nitrogens is 2. The van der Waals surface area contributed by atoms with Crippen LogP contribution < -0.4 is 0 Å². The minimum absolute atomic E-state index is 0.844. The Morgan fingerprint density at radius 3 is 2.50 bits per heavy atom. The monoisotopic (exact) mass is 192 g/mol. The van der Waals surface area contributed by atoms with Gasteiger partial charge in [-0.15, -0.1) is 0 Å². The summed E-state index contributed by atoms with van der Waals surface area (Å²) in [5, 5.41) is 7.91. The number of hydrogen-bond acceptors (Lipinski definition) is 2. The van der Waals surface area contributed by atoms with Gasteiger partial charge in [0.1, 0.15) is 0 Å². The van der Waals surface area contributed by atoms with Crippen molar-refractivity contribution in [1.82, 2.24) is 10.2 Å². The minimum Gasteiger partial charge on any atom is -0.382 e. The van der Waals surface area contributed by atoms with E-state index in [4.69, 9.17) is 4.74 Å². The van der Waals surface area contributed by atoms with Crippen LogP contribution in [0.1, 0.15) is 13.8 Å². The van der Waals surface area contributed by atoms with E-state index in [1.54, 1.807) is 0 Å². The van der Waals surface area contributed by atoms with Crippen LogP contribution in [0.4, 0.5) is 0 Å². The van der Waals surface area contributed by atoms with Crippen molar-refractivity contribution in [2.75, 3.05) is 13.2 Å². The number of para-hydroxylation sites is 1. The lowest BCUT2D eigenvalue weighted by Gasteiger charge is -1.86. The molecule has 2 aromatic rings. The molecule has 0 saturated carbocycles. The second kappa shape index (κ2) is 6.16. The number of rotatable bonds is 2. The molecule has 0 aliphatic carbocycles. The van der Waals surface area contributed by atoms with Gasteiger partial charge in [0.15, 0.2) is 0 Å². The molecule has 0 unspecified atom stereocenters. The van der Waals surface area contributed by atoms with Gasteiger partial charge in [-0.3, -0.25) is 5.10 Å². The van der Waals surface area contributed by atoms with Gasteiger partial charge in [-0.2, -0.15) is 5.10 Å². The van der Waals surface area contributed by atoms with Crippen molar-refractivity contribution in [1.29, 1.82) is 0 Å². The molecule has 14 heavy (non-hydrogen) atoms. The van der Waals surface area contributed by atoms with E-state index in [1.165, 1.54) is 0 Å². The topological polar surface area (TPSA) is 37.9 Å². The van der Waals surface area contributed by atoms with E-state index in [-0.39, 0.29) is 0 Å². The highest BCUT2D eigenvalue weighted by molar-refractivity contribution is 5.77. The average molecular weight is 192 g/mol. The van der Waals surface area contributed by atoms with Gasteiger partial charge in [0.05, 0.1) is 11.7 Å². The van der Waals surface area contributed by atoms with Gasteiger partial charge < -0.3 is 4.74 Å². The Hall–Kier alpha value is -1.35. The van der Waals surface area contributed by atoms with Crippen LogP contribution in [0.5, 0.6) is 0 Å². The Bertz CT molecular complexity index is 325. The predicted molar refractivity (Wildman–Crippen MR) is 58.3 cm³/mol. The molecule has 3 heteroatoms. The third-order valence-electron chi connectivity index (χ3n) is 1.76. The molecule has 0 saturated heterocycles. The summed E-state index contributed by atoms with van der Waals surface area (Å²) in [5.74, 6) is 0. The second-order valence-corrected chi connectivity index (χ2v) is 2.74. The highest BCUT2D eigenvalue weighted by Gasteiger charge is 1.88. The number of nitrogens with zero attached hydrogens (tertiary/aromatic N) is 1. The highest BCUT2D eigenvalue weighted by atomic mass is 16.5. The van der Waals surface area contributed by atoms with Crippen LogP contribution in [-0.4, -0.2) is 23.4 Å². The molecule has 0 amide bonds. The maximum atomic E-state index is 4.83. The van der Waals surface area contributed by atoms with Crippen LogP contribution in [0.15, 0.2) is 30.5 Å². The van der Waals surface area contributed by atoms with E-state index in [0.29, 0.717) is 0 Å². The van der Waals surface area contributed by atoms with E-state index >= 15 is 0 Å². The van der Waals surface area contributed by atoms with E-state index in [0.717, 1.165) is 24.1 Å². The second-order valence-electron chi connectivity index (χ2n) is 2.74. The third kappa shape index (κ3) is 3.18. The fraction of sp³-hybridized carbons (Fsp3) is 0.364. The zero-order valence-corrected chi connectivity index (χ0v) is 8.66. The minimum atomic E-state index is 0.844. The molecule has 3 nitrogen and oxygen atoms in total. The molecule has 0 fully saturated rings. The molecule has 0 aliphatic rings.